The first-order valence-electron chi connectivity index (χ1n) is 10.1. The topological polar surface area (TPSA) is 49.4 Å². The van der Waals surface area contributed by atoms with Gasteiger partial charge >= 0.3 is 0 Å². The van der Waals surface area contributed by atoms with Gasteiger partial charge in [0.05, 0.1) is 10.9 Å². The highest BCUT2D eigenvalue weighted by molar-refractivity contribution is 7.89. The highest BCUT2D eigenvalue weighted by Gasteiger charge is 2.40. The Labute approximate surface area is 193 Å². The minimum atomic E-state index is -3.67. The lowest BCUT2D eigenvalue weighted by Crippen LogP contribution is -2.32. The third-order valence-electron chi connectivity index (χ3n) is 5.95. The summed E-state index contributed by atoms with van der Waals surface area (Å²) in [5, 5.41) is 4.83. The number of allylic oxidation sites excluding steroid dienone is 2. The van der Waals surface area contributed by atoms with Crippen LogP contribution in [0.1, 0.15) is 29.5 Å². The van der Waals surface area contributed by atoms with E-state index in [1.807, 2.05) is 24.3 Å². The minimum absolute atomic E-state index is 0.0609. The molecule has 1 heterocycles. The molecular weight excluding hydrogens is 451 g/mol. The maximum atomic E-state index is 13.2. The van der Waals surface area contributed by atoms with Crippen LogP contribution in [0.15, 0.2) is 78.8 Å². The van der Waals surface area contributed by atoms with Gasteiger partial charge in [-0.2, -0.15) is 4.31 Å². The van der Waals surface area contributed by atoms with E-state index < -0.39 is 10.0 Å². The summed E-state index contributed by atoms with van der Waals surface area (Å²) in [5.74, 6) is 0.274. The molecule has 2 aromatic rings. The van der Waals surface area contributed by atoms with Crippen LogP contribution in [0.5, 0.6) is 0 Å². The summed E-state index contributed by atoms with van der Waals surface area (Å²) in [6, 6.07) is 10.7. The number of rotatable bonds is 7. The van der Waals surface area contributed by atoms with Crippen LogP contribution >= 0.6 is 23.2 Å². The maximum Gasteiger partial charge on any atom is 0.243 e. The van der Waals surface area contributed by atoms with Crippen LogP contribution in [0.25, 0.3) is 0 Å². The minimum Gasteiger partial charge on any atom is -0.378 e. The molecule has 0 bridgehead atoms. The predicted octanol–water partition coefficient (Wildman–Crippen LogP) is 6.18. The van der Waals surface area contributed by atoms with Crippen molar-refractivity contribution in [3.05, 3.63) is 95.0 Å². The Morgan fingerprint density at radius 2 is 1.77 bits per heavy atom. The van der Waals surface area contributed by atoms with Crippen molar-refractivity contribution in [3.63, 3.8) is 0 Å². The summed E-state index contributed by atoms with van der Waals surface area (Å²) in [6.45, 7) is 7.80. The van der Waals surface area contributed by atoms with Crippen molar-refractivity contribution in [2.24, 2.45) is 5.92 Å². The molecule has 3 unspecified atom stereocenters. The zero-order chi connectivity index (χ0) is 22.2. The molecule has 0 saturated carbocycles. The van der Waals surface area contributed by atoms with Crippen LogP contribution in [0.3, 0.4) is 0 Å². The molecule has 0 radical (unpaired) electrons. The van der Waals surface area contributed by atoms with E-state index in [-0.39, 0.29) is 35.9 Å². The monoisotopic (exact) mass is 474 g/mol. The number of hydrogen-bond donors (Lipinski definition) is 1. The van der Waals surface area contributed by atoms with Crippen LogP contribution in [0.2, 0.25) is 10.0 Å². The lowest BCUT2D eigenvalue weighted by molar-refractivity contribution is 0.425. The Morgan fingerprint density at radius 1 is 1.10 bits per heavy atom. The fourth-order valence-corrected chi connectivity index (χ4v) is 6.58. The van der Waals surface area contributed by atoms with E-state index in [0.29, 0.717) is 10.0 Å². The van der Waals surface area contributed by atoms with Gasteiger partial charge in [0.25, 0.3) is 0 Å². The molecule has 4 rings (SSSR count). The highest BCUT2D eigenvalue weighted by atomic mass is 35.5. The lowest BCUT2D eigenvalue weighted by Gasteiger charge is -2.38. The number of halogens is 2. The van der Waals surface area contributed by atoms with Crippen molar-refractivity contribution in [2.75, 3.05) is 18.4 Å². The molecule has 2 aromatic carbocycles. The Morgan fingerprint density at radius 3 is 2.42 bits per heavy atom. The molecule has 1 aliphatic heterocycles. The molecule has 0 aromatic heterocycles. The molecule has 2 aliphatic rings. The number of benzene rings is 2. The Bertz CT molecular complexity index is 1130. The van der Waals surface area contributed by atoms with E-state index in [4.69, 9.17) is 23.2 Å². The highest BCUT2D eigenvalue weighted by Crippen LogP contribution is 2.52. The molecule has 1 N–H and O–H groups in total. The quantitative estimate of drug-likeness (QED) is 0.487. The fourth-order valence-electron chi connectivity index (χ4n) is 4.53. The molecular formula is C24H24Cl2N2O2S. The molecule has 0 fully saturated rings. The van der Waals surface area contributed by atoms with E-state index in [1.165, 1.54) is 4.31 Å². The number of fused-ring (bicyclic) bond motifs is 3. The largest absolute Gasteiger partial charge is 0.378 e. The maximum absolute atomic E-state index is 13.2. The van der Waals surface area contributed by atoms with Gasteiger partial charge in [-0.25, -0.2) is 8.42 Å². The van der Waals surface area contributed by atoms with Gasteiger partial charge < -0.3 is 5.32 Å². The van der Waals surface area contributed by atoms with Gasteiger partial charge in [0.15, 0.2) is 0 Å². The van der Waals surface area contributed by atoms with Crippen LogP contribution in [0, 0.1) is 5.92 Å². The van der Waals surface area contributed by atoms with Crippen molar-refractivity contribution in [2.45, 2.75) is 23.3 Å². The first kappa shape index (κ1) is 22.2. The average molecular weight is 475 g/mol. The summed E-state index contributed by atoms with van der Waals surface area (Å²) in [6.07, 6.45) is 8.32. The van der Waals surface area contributed by atoms with E-state index in [9.17, 15) is 8.42 Å². The summed E-state index contributed by atoms with van der Waals surface area (Å²) in [7, 11) is -3.67. The van der Waals surface area contributed by atoms with Crippen molar-refractivity contribution in [1.29, 1.82) is 0 Å². The molecule has 3 atom stereocenters. The smallest absolute Gasteiger partial charge is 0.243 e. The van der Waals surface area contributed by atoms with E-state index in [2.05, 4.69) is 30.6 Å². The van der Waals surface area contributed by atoms with Gasteiger partial charge in [-0.3, -0.25) is 0 Å². The third-order valence-corrected chi connectivity index (χ3v) is 8.44. The molecule has 4 nitrogen and oxygen atoms in total. The van der Waals surface area contributed by atoms with Crippen LogP contribution in [0.4, 0.5) is 5.69 Å². The van der Waals surface area contributed by atoms with Crippen molar-refractivity contribution >= 4 is 38.9 Å². The normalized spacial score (nSPS) is 22.0. The Kier molecular flexibility index (Phi) is 6.31. The fraction of sp³-hybridized carbons (Fsp3) is 0.250. The van der Waals surface area contributed by atoms with Crippen molar-refractivity contribution < 1.29 is 8.42 Å². The second kappa shape index (κ2) is 8.83. The molecule has 1 aliphatic carbocycles. The van der Waals surface area contributed by atoms with Gasteiger partial charge in [-0.1, -0.05) is 53.6 Å². The van der Waals surface area contributed by atoms with Gasteiger partial charge in [0.2, 0.25) is 10.0 Å². The molecule has 0 spiro atoms. The number of nitrogens with one attached hydrogen (secondary N) is 1. The Hall–Kier alpha value is -2.05. The summed E-state index contributed by atoms with van der Waals surface area (Å²) in [4.78, 5) is 0.269. The second-order valence-corrected chi connectivity index (χ2v) is 10.5. The summed E-state index contributed by atoms with van der Waals surface area (Å²) in [5.41, 5.74) is 2.75. The Balaban J connectivity index is 1.76. The number of nitrogens with zero attached hydrogens (tertiary/aromatic N) is 1. The first-order valence-corrected chi connectivity index (χ1v) is 12.3. The van der Waals surface area contributed by atoms with E-state index in [0.717, 1.165) is 23.2 Å². The second-order valence-electron chi connectivity index (χ2n) is 7.76. The van der Waals surface area contributed by atoms with Crippen LogP contribution in [-0.2, 0) is 10.0 Å². The zero-order valence-corrected chi connectivity index (χ0v) is 19.3. The van der Waals surface area contributed by atoms with Gasteiger partial charge in [-0.05, 0) is 48.2 Å². The van der Waals surface area contributed by atoms with E-state index in [1.54, 1.807) is 24.3 Å². The lowest BCUT2D eigenvalue weighted by atomic mass is 9.77. The summed E-state index contributed by atoms with van der Waals surface area (Å²) >= 11 is 13.0. The van der Waals surface area contributed by atoms with Gasteiger partial charge in [0, 0.05) is 40.3 Å². The number of sulfonamides is 1. The van der Waals surface area contributed by atoms with E-state index >= 15 is 0 Å². The van der Waals surface area contributed by atoms with Crippen LogP contribution in [-0.4, -0.2) is 25.8 Å². The SMILES string of the molecule is C=CCN(CC=C)S(=O)(=O)c1ccc2c(c1)C1C=CCC1C(c1c(Cl)cccc1Cl)N2. The summed E-state index contributed by atoms with van der Waals surface area (Å²) < 4.78 is 27.8. The van der Waals surface area contributed by atoms with Crippen molar-refractivity contribution in [3.8, 4) is 0 Å². The molecule has 0 amide bonds. The molecule has 31 heavy (non-hydrogen) atoms. The molecule has 0 saturated heterocycles. The number of anilines is 1. The molecule has 7 heteroatoms. The molecule has 162 valence electrons. The van der Waals surface area contributed by atoms with Gasteiger partial charge in [-0.15, -0.1) is 13.2 Å². The number of hydrogen-bond acceptors (Lipinski definition) is 3. The standard InChI is InChI=1S/C24H24Cl2N2O2S/c1-3-13-28(14-4-2)31(29,30)16-11-12-22-19(15-16)17-7-5-8-18(17)24(27-22)23-20(25)9-6-10-21(23)26/h3-7,9-12,15,17-18,24,27H,1-2,8,13-14H2. The van der Waals surface area contributed by atoms with Gasteiger partial charge in [0.1, 0.15) is 0 Å². The first-order chi connectivity index (χ1) is 14.9. The predicted molar refractivity (Wildman–Crippen MR) is 128 cm³/mol. The average Bonchev–Trinajstić information content (AvgIpc) is 3.23. The van der Waals surface area contributed by atoms with Crippen molar-refractivity contribution in [1.82, 2.24) is 4.31 Å². The zero-order valence-electron chi connectivity index (χ0n) is 17.0. The third kappa shape index (κ3) is 3.96. The van der Waals surface area contributed by atoms with Crippen LogP contribution < -0.4 is 5.32 Å².